The Morgan fingerprint density at radius 3 is 2.44 bits per heavy atom. The Morgan fingerprint density at radius 2 is 1.83 bits per heavy atom. The van der Waals surface area contributed by atoms with Crippen LogP contribution in [0.5, 0.6) is 0 Å². The third-order valence-electron chi connectivity index (χ3n) is 3.01. The summed E-state index contributed by atoms with van der Waals surface area (Å²) in [7, 11) is 0. The standard InChI is InChI=1S/C13H17FN2O.ClH/c14-12-4-1-11(2-5-12)3-6-13(17)16-9-7-15-8-10-16;/h1-2,4-5,15H,3,6-10H2;1H. The maximum atomic E-state index is 12.7. The first kappa shape index (κ1) is 14.9. The molecule has 1 aromatic carbocycles. The fraction of sp³-hybridized carbons (Fsp3) is 0.462. The van der Waals surface area contributed by atoms with Crippen molar-refractivity contribution in [2.45, 2.75) is 12.8 Å². The van der Waals surface area contributed by atoms with E-state index in [0.29, 0.717) is 12.8 Å². The van der Waals surface area contributed by atoms with Gasteiger partial charge in [0.15, 0.2) is 0 Å². The summed E-state index contributed by atoms with van der Waals surface area (Å²) < 4.78 is 12.7. The Labute approximate surface area is 113 Å². The van der Waals surface area contributed by atoms with Crippen molar-refractivity contribution in [3.05, 3.63) is 35.6 Å². The normalized spacial score (nSPS) is 15.1. The van der Waals surface area contributed by atoms with E-state index in [-0.39, 0.29) is 24.1 Å². The van der Waals surface area contributed by atoms with Crippen LogP contribution in [0.2, 0.25) is 0 Å². The van der Waals surface area contributed by atoms with Crippen molar-refractivity contribution in [2.75, 3.05) is 26.2 Å². The second kappa shape index (κ2) is 7.34. The van der Waals surface area contributed by atoms with Crippen LogP contribution in [0, 0.1) is 5.82 Å². The third-order valence-corrected chi connectivity index (χ3v) is 3.01. The first-order valence-corrected chi connectivity index (χ1v) is 5.98. The van der Waals surface area contributed by atoms with Crippen LogP contribution in [0.3, 0.4) is 0 Å². The number of hydrogen-bond donors (Lipinski definition) is 1. The van der Waals surface area contributed by atoms with Gasteiger partial charge in [-0.3, -0.25) is 4.79 Å². The van der Waals surface area contributed by atoms with E-state index in [1.807, 2.05) is 4.90 Å². The fourth-order valence-electron chi connectivity index (χ4n) is 1.97. The monoisotopic (exact) mass is 272 g/mol. The molecule has 3 nitrogen and oxygen atoms in total. The molecule has 1 aliphatic heterocycles. The van der Waals surface area contributed by atoms with Gasteiger partial charge in [-0.15, -0.1) is 12.4 Å². The second-order valence-electron chi connectivity index (χ2n) is 4.26. The summed E-state index contributed by atoms with van der Waals surface area (Å²) in [6, 6.07) is 6.34. The van der Waals surface area contributed by atoms with Crippen LogP contribution in [0.1, 0.15) is 12.0 Å². The van der Waals surface area contributed by atoms with E-state index in [4.69, 9.17) is 0 Å². The molecule has 18 heavy (non-hydrogen) atoms. The molecule has 1 saturated heterocycles. The summed E-state index contributed by atoms with van der Waals surface area (Å²) in [5.41, 5.74) is 1.01. The third kappa shape index (κ3) is 4.27. The predicted octanol–water partition coefficient (Wildman–Crippen LogP) is 1.61. The molecular weight excluding hydrogens is 255 g/mol. The van der Waals surface area contributed by atoms with Gasteiger partial charge in [-0.25, -0.2) is 4.39 Å². The largest absolute Gasteiger partial charge is 0.340 e. The molecule has 0 spiro atoms. The Hall–Kier alpha value is -1.13. The number of piperazine rings is 1. The van der Waals surface area contributed by atoms with Crippen molar-refractivity contribution in [1.29, 1.82) is 0 Å². The molecule has 0 atom stereocenters. The van der Waals surface area contributed by atoms with Gasteiger partial charge in [0.1, 0.15) is 5.82 Å². The number of rotatable bonds is 3. The fourth-order valence-corrected chi connectivity index (χ4v) is 1.97. The van der Waals surface area contributed by atoms with Crippen molar-refractivity contribution in [3.8, 4) is 0 Å². The number of carbonyl (C=O) groups is 1. The molecule has 1 amide bonds. The van der Waals surface area contributed by atoms with Crippen molar-refractivity contribution in [1.82, 2.24) is 10.2 Å². The summed E-state index contributed by atoms with van der Waals surface area (Å²) in [5.74, 6) is -0.0435. The van der Waals surface area contributed by atoms with Crippen molar-refractivity contribution in [3.63, 3.8) is 0 Å². The van der Waals surface area contributed by atoms with Crippen LogP contribution in [0.15, 0.2) is 24.3 Å². The summed E-state index contributed by atoms with van der Waals surface area (Å²) in [4.78, 5) is 13.8. The zero-order valence-corrected chi connectivity index (χ0v) is 11.0. The van der Waals surface area contributed by atoms with Gasteiger partial charge in [0, 0.05) is 32.6 Å². The number of carbonyl (C=O) groups excluding carboxylic acids is 1. The summed E-state index contributed by atoms with van der Waals surface area (Å²) in [6.07, 6.45) is 1.19. The molecule has 1 aliphatic rings. The summed E-state index contributed by atoms with van der Waals surface area (Å²) in [5, 5.41) is 3.21. The van der Waals surface area contributed by atoms with Crippen LogP contribution in [-0.4, -0.2) is 37.0 Å². The lowest BCUT2D eigenvalue weighted by molar-refractivity contribution is -0.131. The highest BCUT2D eigenvalue weighted by Gasteiger charge is 2.15. The van der Waals surface area contributed by atoms with E-state index in [1.165, 1.54) is 12.1 Å². The maximum Gasteiger partial charge on any atom is 0.222 e. The lowest BCUT2D eigenvalue weighted by Gasteiger charge is -2.27. The molecule has 1 fully saturated rings. The average Bonchev–Trinajstić information content (AvgIpc) is 2.39. The van der Waals surface area contributed by atoms with Crippen LogP contribution in [0.4, 0.5) is 4.39 Å². The summed E-state index contributed by atoms with van der Waals surface area (Å²) >= 11 is 0. The predicted molar refractivity (Wildman–Crippen MR) is 71.4 cm³/mol. The highest BCUT2D eigenvalue weighted by atomic mass is 35.5. The van der Waals surface area contributed by atoms with Crippen LogP contribution >= 0.6 is 12.4 Å². The zero-order valence-electron chi connectivity index (χ0n) is 10.2. The topological polar surface area (TPSA) is 32.3 Å². The van der Waals surface area contributed by atoms with E-state index >= 15 is 0 Å². The molecule has 1 N–H and O–H groups in total. The molecule has 5 heteroatoms. The molecule has 0 bridgehead atoms. The highest BCUT2D eigenvalue weighted by molar-refractivity contribution is 5.85. The van der Waals surface area contributed by atoms with E-state index in [2.05, 4.69) is 5.32 Å². The minimum Gasteiger partial charge on any atom is -0.340 e. The van der Waals surface area contributed by atoms with Gasteiger partial charge in [-0.05, 0) is 24.1 Å². The van der Waals surface area contributed by atoms with Crippen molar-refractivity contribution in [2.24, 2.45) is 0 Å². The molecular formula is C13H18ClFN2O. The second-order valence-corrected chi connectivity index (χ2v) is 4.26. The highest BCUT2D eigenvalue weighted by Crippen LogP contribution is 2.07. The van der Waals surface area contributed by atoms with Crippen LogP contribution in [0.25, 0.3) is 0 Å². The quantitative estimate of drug-likeness (QED) is 0.907. The number of amides is 1. The molecule has 2 rings (SSSR count). The number of nitrogens with zero attached hydrogens (tertiary/aromatic N) is 1. The lowest BCUT2D eigenvalue weighted by atomic mass is 10.1. The molecule has 0 aromatic heterocycles. The molecule has 1 heterocycles. The molecule has 0 radical (unpaired) electrons. The van der Waals surface area contributed by atoms with Gasteiger partial charge in [-0.1, -0.05) is 12.1 Å². The lowest BCUT2D eigenvalue weighted by Crippen LogP contribution is -2.46. The summed E-state index contributed by atoms with van der Waals surface area (Å²) in [6.45, 7) is 3.34. The number of nitrogens with one attached hydrogen (secondary N) is 1. The van der Waals surface area contributed by atoms with E-state index in [1.54, 1.807) is 12.1 Å². The average molecular weight is 273 g/mol. The number of halogens is 2. The van der Waals surface area contributed by atoms with E-state index in [0.717, 1.165) is 31.7 Å². The first-order valence-electron chi connectivity index (χ1n) is 5.98. The minimum absolute atomic E-state index is 0. The van der Waals surface area contributed by atoms with Gasteiger partial charge < -0.3 is 10.2 Å². The Balaban J connectivity index is 0.00000162. The number of aryl methyl sites for hydroxylation is 1. The maximum absolute atomic E-state index is 12.7. The Morgan fingerprint density at radius 1 is 1.22 bits per heavy atom. The Bertz CT molecular complexity index is 377. The Kier molecular flexibility index (Phi) is 6.09. The SMILES string of the molecule is Cl.O=C(CCc1ccc(F)cc1)N1CCNCC1. The van der Waals surface area contributed by atoms with E-state index in [9.17, 15) is 9.18 Å². The van der Waals surface area contributed by atoms with Gasteiger partial charge in [0.25, 0.3) is 0 Å². The minimum atomic E-state index is -0.234. The van der Waals surface area contributed by atoms with Gasteiger partial charge in [-0.2, -0.15) is 0 Å². The molecule has 0 unspecified atom stereocenters. The van der Waals surface area contributed by atoms with Crippen molar-refractivity contribution < 1.29 is 9.18 Å². The molecule has 100 valence electrons. The van der Waals surface area contributed by atoms with Gasteiger partial charge >= 0.3 is 0 Å². The van der Waals surface area contributed by atoms with Gasteiger partial charge in [0.05, 0.1) is 0 Å². The van der Waals surface area contributed by atoms with Crippen molar-refractivity contribution >= 4 is 18.3 Å². The first-order chi connectivity index (χ1) is 8.25. The molecule has 0 aliphatic carbocycles. The zero-order chi connectivity index (χ0) is 12.1. The van der Waals surface area contributed by atoms with Crippen LogP contribution in [-0.2, 0) is 11.2 Å². The smallest absolute Gasteiger partial charge is 0.222 e. The van der Waals surface area contributed by atoms with Gasteiger partial charge in [0.2, 0.25) is 5.91 Å². The number of benzene rings is 1. The molecule has 0 saturated carbocycles. The molecule has 1 aromatic rings. The van der Waals surface area contributed by atoms with Crippen LogP contribution < -0.4 is 5.32 Å². The van der Waals surface area contributed by atoms with E-state index < -0.39 is 0 Å². The number of hydrogen-bond acceptors (Lipinski definition) is 2.